The van der Waals surface area contributed by atoms with Crippen LogP contribution >= 0.6 is 0 Å². The molecule has 1 aliphatic rings. The molecule has 2 atom stereocenters. The van der Waals surface area contributed by atoms with Crippen molar-refractivity contribution < 1.29 is 4.74 Å². The van der Waals surface area contributed by atoms with Crippen LogP contribution in [0.3, 0.4) is 0 Å². The van der Waals surface area contributed by atoms with E-state index in [0.29, 0.717) is 17.2 Å². The number of pyridine rings is 2. The molecule has 0 unspecified atom stereocenters. The van der Waals surface area contributed by atoms with E-state index in [-0.39, 0.29) is 12.1 Å². The molecule has 10 nitrogen and oxygen atoms in total. The van der Waals surface area contributed by atoms with Gasteiger partial charge in [-0.25, -0.2) is 9.67 Å². The van der Waals surface area contributed by atoms with Crippen molar-refractivity contribution in [3.8, 4) is 29.4 Å². The van der Waals surface area contributed by atoms with Crippen molar-refractivity contribution in [3.05, 3.63) is 59.8 Å². The van der Waals surface area contributed by atoms with Crippen LogP contribution in [0.15, 0.2) is 42.7 Å². The number of imidazole rings is 1. The Balaban J connectivity index is 1.52. The Morgan fingerprint density at radius 2 is 2.03 bits per heavy atom. The molecule has 10 heteroatoms. The van der Waals surface area contributed by atoms with Crippen molar-refractivity contribution in [2.75, 3.05) is 13.1 Å². The first-order chi connectivity index (χ1) is 17.1. The summed E-state index contributed by atoms with van der Waals surface area (Å²) < 4.78 is 9.97. The minimum Gasteiger partial charge on any atom is -0.469 e. The highest BCUT2D eigenvalue weighted by atomic mass is 16.5. The molecule has 5 heterocycles. The maximum atomic E-state index is 9.61. The highest BCUT2D eigenvalue weighted by Crippen LogP contribution is 2.32. The minimum absolute atomic E-state index is 0.190. The first-order valence-electron chi connectivity index (χ1n) is 11.6. The smallest absolute Gasteiger partial charge is 0.201 e. The average molecular weight is 468 g/mol. The lowest BCUT2D eigenvalue weighted by molar-refractivity contribution is 0.210. The Morgan fingerprint density at radius 3 is 2.80 bits per heavy atom. The summed E-state index contributed by atoms with van der Waals surface area (Å²) >= 11 is 0. The first kappa shape index (κ1) is 22.4. The zero-order valence-corrected chi connectivity index (χ0v) is 19.7. The van der Waals surface area contributed by atoms with Crippen LogP contribution in [0, 0.1) is 29.7 Å². The van der Waals surface area contributed by atoms with Gasteiger partial charge in [0.15, 0.2) is 6.19 Å². The summed E-state index contributed by atoms with van der Waals surface area (Å²) in [6, 6.07) is 11.8. The van der Waals surface area contributed by atoms with Gasteiger partial charge < -0.3 is 9.64 Å². The fraction of sp³-hybridized carbons (Fsp3) is 0.360. The third kappa shape index (κ3) is 4.26. The van der Waals surface area contributed by atoms with E-state index in [0.717, 1.165) is 55.0 Å². The van der Waals surface area contributed by atoms with E-state index >= 15 is 0 Å². The van der Waals surface area contributed by atoms with Crippen molar-refractivity contribution >= 4 is 5.65 Å². The second kappa shape index (κ2) is 9.43. The molecule has 1 aliphatic heterocycles. The number of rotatable bonds is 5. The Kier molecular flexibility index (Phi) is 6.02. The largest absolute Gasteiger partial charge is 0.469 e. The van der Waals surface area contributed by atoms with Crippen LogP contribution < -0.4 is 4.74 Å². The van der Waals surface area contributed by atoms with Gasteiger partial charge in [-0.1, -0.05) is 11.3 Å². The van der Waals surface area contributed by atoms with Gasteiger partial charge in [0.1, 0.15) is 29.2 Å². The topological polar surface area (TPSA) is 121 Å². The predicted molar refractivity (Wildman–Crippen MR) is 127 cm³/mol. The van der Waals surface area contributed by atoms with Gasteiger partial charge in [-0.2, -0.15) is 10.5 Å². The third-order valence-electron chi connectivity index (χ3n) is 6.48. The molecule has 4 aromatic heterocycles. The number of hydrogen-bond donors (Lipinski definition) is 0. The number of nitriles is 2. The molecule has 0 amide bonds. The van der Waals surface area contributed by atoms with Crippen LogP contribution in [-0.2, 0) is 0 Å². The molecular formula is C25H25N9O. The predicted octanol–water partition coefficient (Wildman–Crippen LogP) is 3.82. The lowest BCUT2D eigenvalue weighted by Gasteiger charge is -2.17. The Hall–Kier alpha value is -4.44. The van der Waals surface area contributed by atoms with Crippen LogP contribution in [0.4, 0.5) is 0 Å². The zero-order valence-electron chi connectivity index (χ0n) is 19.7. The number of likely N-dealkylation sites (tertiary alicyclic amines) is 1. The molecule has 0 N–H and O–H groups in total. The number of ether oxygens (including phenoxy) is 1. The summed E-state index contributed by atoms with van der Waals surface area (Å²) in [6.07, 6.45) is 7.91. The average Bonchev–Trinajstić information content (AvgIpc) is 3.39. The summed E-state index contributed by atoms with van der Waals surface area (Å²) in [5, 5.41) is 27.8. The van der Waals surface area contributed by atoms with Crippen LogP contribution in [-0.4, -0.2) is 47.4 Å². The van der Waals surface area contributed by atoms with Gasteiger partial charge in [-0.3, -0.25) is 9.38 Å². The summed E-state index contributed by atoms with van der Waals surface area (Å²) in [7, 11) is 0. The van der Waals surface area contributed by atoms with Gasteiger partial charge >= 0.3 is 0 Å². The molecule has 176 valence electrons. The summed E-state index contributed by atoms with van der Waals surface area (Å²) in [5.41, 5.74) is 4.26. The standard InChI is InChI=1S/C25H25N9O/c1-17-25(30-31-34(17)20-6-5-10-32(16-27)11-8-20)19-12-23-29-15-21(14-26)33(23)24(13-19)35-18(2)22-7-3-4-9-28-22/h3-4,7,9,12-13,15,18,20H,5-6,8,10-11H2,1-2H3/t18-,20+/m1/s1. The summed E-state index contributed by atoms with van der Waals surface area (Å²) in [5.74, 6) is 0.484. The van der Waals surface area contributed by atoms with E-state index in [1.165, 1.54) is 6.20 Å². The fourth-order valence-corrected chi connectivity index (χ4v) is 4.62. The van der Waals surface area contributed by atoms with Gasteiger partial charge in [-0.05, 0) is 51.3 Å². The van der Waals surface area contributed by atoms with Crippen LogP contribution in [0.1, 0.15) is 55.4 Å². The Labute approximate surface area is 203 Å². The van der Waals surface area contributed by atoms with Gasteiger partial charge in [0, 0.05) is 30.9 Å². The second-order valence-corrected chi connectivity index (χ2v) is 8.69. The van der Waals surface area contributed by atoms with Crippen LogP contribution in [0.2, 0.25) is 0 Å². The number of hydrogen-bond acceptors (Lipinski definition) is 8. The molecule has 0 spiro atoms. The molecule has 1 saturated heterocycles. The normalized spacial score (nSPS) is 16.9. The Morgan fingerprint density at radius 1 is 1.14 bits per heavy atom. The lowest BCUT2D eigenvalue weighted by atomic mass is 10.1. The van der Waals surface area contributed by atoms with E-state index in [4.69, 9.17) is 4.74 Å². The summed E-state index contributed by atoms with van der Waals surface area (Å²) in [6.45, 7) is 5.43. The van der Waals surface area contributed by atoms with E-state index in [9.17, 15) is 10.5 Å². The molecular weight excluding hydrogens is 442 g/mol. The number of fused-ring (bicyclic) bond motifs is 1. The van der Waals surface area contributed by atoms with Crippen molar-refractivity contribution in [2.24, 2.45) is 0 Å². The van der Waals surface area contributed by atoms with Crippen LogP contribution in [0.25, 0.3) is 16.9 Å². The zero-order chi connectivity index (χ0) is 24.4. The van der Waals surface area contributed by atoms with Gasteiger partial charge in [-0.15, -0.1) is 5.10 Å². The summed E-state index contributed by atoms with van der Waals surface area (Å²) in [4.78, 5) is 10.6. The van der Waals surface area contributed by atoms with Crippen molar-refractivity contribution in [1.29, 1.82) is 10.5 Å². The lowest BCUT2D eigenvalue weighted by Crippen LogP contribution is -2.19. The first-order valence-corrected chi connectivity index (χ1v) is 11.6. The molecule has 35 heavy (non-hydrogen) atoms. The monoisotopic (exact) mass is 467 g/mol. The number of aromatic nitrogens is 6. The molecule has 0 bridgehead atoms. The van der Waals surface area contributed by atoms with Gasteiger partial charge in [0.2, 0.25) is 5.88 Å². The maximum Gasteiger partial charge on any atom is 0.201 e. The highest BCUT2D eigenvalue weighted by Gasteiger charge is 2.23. The van der Waals surface area contributed by atoms with Crippen molar-refractivity contribution in [1.82, 2.24) is 34.3 Å². The number of nitrogens with zero attached hydrogens (tertiary/aromatic N) is 9. The quantitative estimate of drug-likeness (QED) is 0.406. The van der Waals surface area contributed by atoms with Gasteiger partial charge in [0.05, 0.1) is 23.6 Å². The van der Waals surface area contributed by atoms with Crippen molar-refractivity contribution in [2.45, 2.75) is 45.3 Å². The molecule has 0 aromatic carbocycles. The van der Waals surface area contributed by atoms with Crippen molar-refractivity contribution in [3.63, 3.8) is 0 Å². The molecule has 0 saturated carbocycles. The molecule has 0 radical (unpaired) electrons. The van der Waals surface area contributed by atoms with E-state index in [2.05, 4.69) is 32.5 Å². The van der Waals surface area contributed by atoms with E-state index in [1.807, 2.05) is 48.9 Å². The Bertz CT molecular complexity index is 1430. The van der Waals surface area contributed by atoms with Gasteiger partial charge in [0.25, 0.3) is 0 Å². The highest BCUT2D eigenvalue weighted by molar-refractivity contribution is 5.68. The van der Waals surface area contributed by atoms with E-state index in [1.54, 1.807) is 15.5 Å². The van der Waals surface area contributed by atoms with Crippen LogP contribution in [0.5, 0.6) is 5.88 Å². The minimum atomic E-state index is -0.338. The molecule has 4 aromatic rings. The van der Waals surface area contributed by atoms with E-state index < -0.39 is 0 Å². The third-order valence-corrected chi connectivity index (χ3v) is 6.48. The SMILES string of the molecule is Cc1c(-c2cc(O[C@H](C)c3ccccn3)n3c(C#N)cnc3c2)nnn1[C@H]1CCCN(C#N)CC1. The fourth-order valence-electron chi connectivity index (χ4n) is 4.62. The maximum absolute atomic E-state index is 9.61. The molecule has 0 aliphatic carbocycles. The second-order valence-electron chi connectivity index (χ2n) is 8.69. The molecule has 5 rings (SSSR count). The molecule has 1 fully saturated rings.